The van der Waals surface area contributed by atoms with Crippen molar-refractivity contribution < 1.29 is 18.0 Å². The third kappa shape index (κ3) is 4.90. The Labute approximate surface area is 171 Å². The molecule has 0 saturated carbocycles. The average Bonchev–Trinajstić information content (AvgIpc) is 2.73. The van der Waals surface area contributed by atoms with Crippen LogP contribution in [0.5, 0.6) is 0 Å². The summed E-state index contributed by atoms with van der Waals surface area (Å²) in [7, 11) is -4.11. The molecule has 1 aliphatic heterocycles. The molecule has 29 heavy (non-hydrogen) atoms. The third-order valence-electron chi connectivity index (χ3n) is 5.11. The molecule has 1 heterocycles. The number of hydrogen-bond donors (Lipinski definition) is 1. The van der Waals surface area contributed by atoms with Gasteiger partial charge in [-0.1, -0.05) is 48.0 Å². The van der Waals surface area contributed by atoms with E-state index in [1.807, 2.05) is 17.9 Å². The van der Waals surface area contributed by atoms with Crippen LogP contribution < -0.4 is 5.84 Å². The first kappa shape index (κ1) is 21.2. The summed E-state index contributed by atoms with van der Waals surface area (Å²) in [5.41, 5.74) is 1.52. The number of amides is 1. The van der Waals surface area contributed by atoms with Gasteiger partial charge in [-0.3, -0.25) is 14.5 Å². The van der Waals surface area contributed by atoms with Crippen molar-refractivity contribution in [3.63, 3.8) is 0 Å². The second-order valence-electron chi connectivity index (χ2n) is 7.32. The minimum atomic E-state index is -4.11. The quantitative estimate of drug-likeness (QED) is 0.335. The smallest absolute Gasteiger partial charge is 0.280 e. The second kappa shape index (κ2) is 8.86. The van der Waals surface area contributed by atoms with Crippen molar-refractivity contribution in [1.82, 2.24) is 9.31 Å². The number of carbonyl (C=O) groups excluding carboxylic acids is 2. The van der Waals surface area contributed by atoms with Gasteiger partial charge < -0.3 is 0 Å². The molecule has 1 saturated heterocycles. The van der Waals surface area contributed by atoms with Crippen LogP contribution in [0.15, 0.2) is 59.5 Å². The topological polar surface area (TPSA) is 101 Å². The summed E-state index contributed by atoms with van der Waals surface area (Å²) in [6, 6.07) is 15.1. The van der Waals surface area contributed by atoms with Gasteiger partial charge in [0.15, 0.2) is 5.78 Å². The number of aryl methyl sites for hydroxylation is 1. The van der Waals surface area contributed by atoms with Crippen LogP contribution >= 0.6 is 0 Å². The maximum atomic E-state index is 12.8. The van der Waals surface area contributed by atoms with Crippen LogP contribution in [0.2, 0.25) is 0 Å². The summed E-state index contributed by atoms with van der Waals surface area (Å²) in [6.07, 6.45) is 1.23. The van der Waals surface area contributed by atoms with Crippen LogP contribution in [0.1, 0.15) is 28.8 Å². The molecule has 3 rings (SSSR count). The highest BCUT2D eigenvalue weighted by molar-refractivity contribution is 7.89. The largest absolute Gasteiger partial charge is 0.295 e. The maximum Gasteiger partial charge on any atom is 0.280 e. The molecule has 0 aromatic heterocycles. The molecule has 0 aliphatic carbocycles. The molecule has 2 aromatic rings. The zero-order valence-corrected chi connectivity index (χ0v) is 17.1. The van der Waals surface area contributed by atoms with Crippen molar-refractivity contribution >= 4 is 21.7 Å². The van der Waals surface area contributed by atoms with E-state index in [-0.39, 0.29) is 17.2 Å². The van der Waals surface area contributed by atoms with Crippen molar-refractivity contribution in [3.8, 4) is 0 Å². The van der Waals surface area contributed by atoms with E-state index in [1.54, 1.807) is 36.4 Å². The standard InChI is InChI=1S/C21H25N3O4S/c1-16-9-11-19(12-10-16)29(27,28)24(22)21(26)18-8-5-13-23(14-18)15-20(25)17-6-3-2-4-7-17/h2-4,6-7,9-12,18H,5,8,13-15,22H2,1H3. The van der Waals surface area contributed by atoms with Gasteiger partial charge in [-0.15, -0.1) is 0 Å². The van der Waals surface area contributed by atoms with Gasteiger partial charge in [0.05, 0.1) is 17.4 Å². The first-order valence-electron chi connectivity index (χ1n) is 9.50. The van der Waals surface area contributed by atoms with Crippen LogP contribution in [0.4, 0.5) is 0 Å². The Morgan fingerprint density at radius 1 is 1.10 bits per heavy atom. The Bertz CT molecular complexity index is 975. The SMILES string of the molecule is Cc1ccc(S(=O)(=O)N(N)C(=O)C2CCCN(CC(=O)c3ccccc3)C2)cc1. The average molecular weight is 416 g/mol. The number of piperidine rings is 1. The number of hydrogen-bond acceptors (Lipinski definition) is 6. The molecule has 0 spiro atoms. The lowest BCUT2D eigenvalue weighted by molar-refractivity contribution is -0.132. The van der Waals surface area contributed by atoms with Gasteiger partial charge in [-0.05, 0) is 38.4 Å². The molecule has 7 nitrogen and oxygen atoms in total. The van der Waals surface area contributed by atoms with E-state index in [0.29, 0.717) is 35.9 Å². The lowest BCUT2D eigenvalue weighted by atomic mass is 9.97. The Morgan fingerprint density at radius 2 is 1.76 bits per heavy atom. The van der Waals surface area contributed by atoms with Crippen LogP contribution in [0.25, 0.3) is 0 Å². The van der Waals surface area contributed by atoms with Gasteiger partial charge in [0.25, 0.3) is 15.9 Å². The predicted molar refractivity (Wildman–Crippen MR) is 109 cm³/mol. The van der Waals surface area contributed by atoms with Crippen molar-refractivity contribution in [2.75, 3.05) is 19.6 Å². The summed E-state index contributed by atoms with van der Waals surface area (Å²) >= 11 is 0. The second-order valence-corrected chi connectivity index (χ2v) is 9.13. The number of Topliss-reactive ketones (excluding diaryl/α,β-unsaturated/α-hetero) is 1. The zero-order valence-electron chi connectivity index (χ0n) is 16.3. The van der Waals surface area contributed by atoms with E-state index in [2.05, 4.69) is 0 Å². The molecule has 1 amide bonds. The molecular weight excluding hydrogens is 390 g/mol. The number of carbonyl (C=O) groups is 2. The Hall–Kier alpha value is -2.55. The zero-order chi connectivity index (χ0) is 21.0. The van der Waals surface area contributed by atoms with E-state index in [4.69, 9.17) is 5.84 Å². The molecule has 1 atom stereocenters. The van der Waals surface area contributed by atoms with E-state index < -0.39 is 21.8 Å². The molecule has 1 aliphatic rings. The highest BCUT2D eigenvalue weighted by Gasteiger charge is 2.34. The van der Waals surface area contributed by atoms with Gasteiger partial charge in [-0.25, -0.2) is 5.84 Å². The van der Waals surface area contributed by atoms with Crippen molar-refractivity contribution in [1.29, 1.82) is 0 Å². The molecule has 154 valence electrons. The fraction of sp³-hybridized carbons (Fsp3) is 0.333. The van der Waals surface area contributed by atoms with Crippen molar-refractivity contribution in [2.24, 2.45) is 11.8 Å². The number of nitrogens with two attached hydrogens (primary N) is 1. The lowest BCUT2D eigenvalue weighted by Crippen LogP contribution is -2.50. The number of benzene rings is 2. The molecule has 0 radical (unpaired) electrons. The first-order chi connectivity index (χ1) is 13.8. The van der Waals surface area contributed by atoms with Gasteiger partial charge in [0.1, 0.15) is 0 Å². The predicted octanol–water partition coefficient (Wildman–Crippen LogP) is 1.98. The molecular formula is C21H25N3O4S. The van der Waals surface area contributed by atoms with Crippen LogP contribution in [-0.4, -0.2) is 49.1 Å². The number of rotatable bonds is 6. The van der Waals surface area contributed by atoms with Gasteiger partial charge in [0.2, 0.25) is 0 Å². The van der Waals surface area contributed by atoms with Crippen LogP contribution in [-0.2, 0) is 14.8 Å². The van der Waals surface area contributed by atoms with Gasteiger partial charge in [0, 0.05) is 12.1 Å². The van der Waals surface area contributed by atoms with Gasteiger partial charge in [-0.2, -0.15) is 12.8 Å². The molecule has 0 bridgehead atoms. The number of likely N-dealkylation sites (tertiary alicyclic amines) is 1. The third-order valence-corrected chi connectivity index (χ3v) is 6.68. The lowest BCUT2D eigenvalue weighted by Gasteiger charge is -2.33. The maximum absolute atomic E-state index is 12.8. The Balaban J connectivity index is 1.67. The Kier molecular flexibility index (Phi) is 6.46. The number of hydrazine groups is 1. The van der Waals surface area contributed by atoms with Crippen molar-refractivity contribution in [2.45, 2.75) is 24.7 Å². The molecule has 2 N–H and O–H groups in total. The monoisotopic (exact) mass is 415 g/mol. The number of ketones is 1. The van der Waals surface area contributed by atoms with E-state index in [1.165, 1.54) is 12.1 Å². The normalized spacial score (nSPS) is 17.7. The van der Waals surface area contributed by atoms with Crippen LogP contribution in [0, 0.1) is 12.8 Å². The highest BCUT2D eigenvalue weighted by Crippen LogP contribution is 2.22. The summed E-state index contributed by atoms with van der Waals surface area (Å²) in [5.74, 6) is 4.49. The van der Waals surface area contributed by atoms with Crippen molar-refractivity contribution in [3.05, 3.63) is 65.7 Å². The van der Waals surface area contributed by atoms with E-state index in [0.717, 1.165) is 5.56 Å². The molecule has 1 unspecified atom stereocenters. The summed E-state index contributed by atoms with van der Waals surface area (Å²) < 4.78 is 25.7. The minimum Gasteiger partial charge on any atom is -0.295 e. The molecule has 8 heteroatoms. The van der Waals surface area contributed by atoms with E-state index >= 15 is 0 Å². The number of sulfonamides is 1. The molecule has 1 fully saturated rings. The minimum absolute atomic E-state index is 0.0223. The van der Waals surface area contributed by atoms with Gasteiger partial charge >= 0.3 is 0 Å². The summed E-state index contributed by atoms with van der Waals surface area (Å²) in [5, 5.41) is 0. The fourth-order valence-corrected chi connectivity index (χ4v) is 4.53. The fourth-order valence-electron chi connectivity index (χ4n) is 3.44. The van der Waals surface area contributed by atoms with Crippen LogP contribution in [0.3, 0.4) is 0 Å². The van der Waals surface area contributed by atoms with E-state index in [9.17, 15) is 18.0 Å². The number of nitrogens with zero attached hydrogens (tertiary/aromatic N) is 2. The summed E-state index contributed by atoms with van der Waals surface area (Å²) in [4.78, 5) is 27.1. The summed E-state index contributed by atoms with van der Waals surface area (Å²) in [6.45, 7) is 3.00. The highest BCUT2D eigenvalue weighted by atomic mass is 32.2. The first-order valence-corrected chi connectivity index (χ1v) is 10.9. The molecule has 2 aromatic carbocycles. The Morgan fingerprint density at radius 3 is 2.41 bits per heavy atom.